The third kappa shape index (κ3) is 9.12. The Morgan fingerprint density at radius 3 is 2.21 bits per heavy atom. The highest BCUT2D eigenvalue weighted by atomic mass is 35.5. The predicted octanol–water partition coefficient (Wildman–Crippen LogP) is 7.35. The number of nitrogens with one attached hydrogen (secondary N) is 2. The molecule has 13 heteroatoms. The van der Waals surface area contributed by atoms with E-state index in [1.807, 2.05) is 24.3 Å². The largest absolute Gasteiger partial charge is 0.573 e. The molecule has 3 aliphatic heterocycles. The van der Waals surface area contributed by atoms with E-state index in [0.717, 1.165) is 81.6 Å². The summed E-state index contributed by atoms with van der Waals surface area (Å²) in [4.78, 5) is 40.4. The highest BCUT2D eigenvalue weighted by Crippen LogP contribution is 2.37. The molecule has 3 saturated heterocycles. The molecule has 9 nitrogen and oxygen atoms in total. The first-order chi connectivity index (χ1) is 24.7. The van der Waals surface area contributed by atoms with E-state index in [9.17, 15) is 27.6 Å². The topological polar surface area (TPSA) is 95.9 Å². The van der Waals surface area contributed by atoms with Crippen LogP contribution in [-0.4, -0.2) is 59.9 Å². The van der Waals surface area contributed by atoms with Gasteiger partial charge in [-0.05, 0) is 106 Å². The SMILES string of the molecule is Cc1c(-c2ccc(CN3CCC(CCC4CCN(c5ccc(NC6CCC(=O)NC6=O)cc5Cl)CC4)CC3)c(OC(F)(F)F)c2)cn(C)c(=O)c1C. The monoisotopic (exact) mass is 741 g/mol. The summed E-state index contributed by atoms with van der Waals surface area (Å²) in [5.74, 6) is 0.472. The minimum absolute atomic E-state index is 0.133. The van der Waals surface area contributed by atoms with Crippen LogP contribution in [0.25, 0.3) is 11.1 Å². The molecule has 3 aromatic rings. The van der Waals surface area contributed by atoms with Gasteiger partial charge in [-0.1, -0.05) is 36.6 Å². The first-order valence-corrected chi connectivity index (χ1v) is 18.5. The molecule has 52 heavy (non-hydrogen) atoms. The van der Waals surface area contributed by atoms with E-state index in [4.69, 9.17) is 11.6 Å². The molecule has 4 heterocycles. The van der Waals surface area contributed by atoms with Crippen molar-refractivity contribution in [3.8, 4) is 16.9 Å². The lowest BCUT2D eigenvalue weighted by Crippen LogP contribution is -2.47. The molecule has 0 radical (unpaired) electrons. The van der Waals surface area contributed by atoms with Gasteiger partial charge in [0.15, 0.2) is 0 Å². The Balaban J connectivity index is 0.973. The second-order valence-electron chi connectivity index (χ2n) is 14.6. The van der Waals surface area contributed by atoms with Crippen molar-refractivity contribution in [3.05, 3.63) is 74.7 Å². The number of ether oxygens (including phenoxy) is 1. The number of carbonyl (C=O) groups excluding carboxylic acids is 2. The minimum atomic E-state index is -4.82. The number of benzene rings is 2. The van der Waals surface area contributed by atoms with E-state index in [1.165, 1.54) is 10.6 Å². The summed E-state index contributed by atoms with van der Waals surface area (Å²) >= 11 is 6.68. The number of hydrogen-bond donors (Lipinski definition) is 2. The van der Waals surface area contributed by atoms with Crippen LogP contribution in [0.3, 0.4) is 0 Å². The average Bonchev–Trinajstić information content (AvgIpc) is 3.10. The molecule has 0 bridgehead atoms. The number of likely N-dealkylation sites (tertiary alicyclic amines) is 1. The third-order valence-corrected chi connectivity index (χ3v) is 11.4. The Labute approximate surface area is 307 Å². The van der Waals surface area contributed by atoms with Gasteiger partial charge < -0.3 is 19.5 Å². The summed E-state index contributed by atoms with van der Waals surface area (Å²) in [7, 11) is 1.64. The Kier molecular flexibility index (Phi) is 11.5. The molecule has 3 fully saturated rings. The zero-order valence-electron chi connectivity index (χ0n) is 30.0. The fourth-order valence-corrected chi connectivity index (χ4v) is 8.13. The molecule has 0 saturated carbocycles. The predicted molar refractivity (Wildman–Crippen MR) is 197 cm³/mol. The van der Waals surface area contributed by atoms with Gasteiger partial charge in [-0.25, -0.2) is 0 Å². The number of alkyl halides is 3. The van der Waals surface area contributed by atoms with Gasteiger partial charge in [0.1, 0.15) is 11.8 Å². The van der Waals surface area contributed by atoms with Crippen LogP contribution in [0.2, 0.25) is 5.02 Å². The zero-order chi connectivity index (χ0) is 37.2. The Morgan fingerprint density at radius 1 is 0.904 bits per heavy atom. The number of carbonyl (C=O) groups is 2. The lowest BCUT2D eigenvalue weighted by Gasteiger charge is -2.36. The third-order valence-electron chi connectivity index (χ3n) is 11.1. The first kappa shape index (κ1) is 37.7. The smallest absolute Gasteiger partial charge is 0.405 e. The number of amides is 2. The van der Waals surface area contributed by atoms with Gasteiger partial charge in [-0.3, -0.25) is 24.6 Å². The molecular formula is C39H47ClF3N5O4. The summed E-state index contributed by atoms with van der Waals surface area (Å²) in [6.45, 7) is 7.39. The molecular weight excluding hydrogens is 695 g/mol. The van der Waals surface area contributed by atoms with E-state index in [0.29, 0.717) is 58.5 Å². The van der Waals surface area contributed by atoms with Crippen LogP contribution in [0.15, 0.2) is 47.4 Å². The summed E-state index contributed by atoms with van der Waals surface area (Å²) in [6, 6.07) is 10.3. The summed E-state index contributed by atoms with van der Waals surface area (Å²) in [6.07, 6.45) is 4.11. The van der Waals surface area contributed by atoms with Crippen molar-refractivity contribution >= 4 is 34.8 Å². The highest BCUT2D eigenvalue weighted by molar-refractivity contribution is 6.33. The van der Waals surface area contributed by atoms with Crippen LogP contribution >= 0.6 is 11.6 Å². The molecule has 1 atom stereocenters. The van der Waals surface area contributed by atoms with Crippen molar-refractivity contribution in [1.29, 1.82) is 0 Å². The standard InChI is InChI=1S/C39H47ClF3N5O4/c1-24-25(2)38(51)46(3)23-31(24)28-6-7-29(35(20-28)52-39(41,42)43)22-47-16-12-26(13-17-47)4-5-27-14-18-48(19-15-27)34-10-8-30(21-32(34)40)44-33-9-11-36(49)45-37(33)50/h6-8,10,20-21,23,26-27,33,44H,4-5,9,11-19,22H2,1-3H3,(H,45,49,50). The van der Waals surface area contributed by atoms with Gasteiger partial charge in [0.05, 0.1) is 10.7 Å². The van der Waals surface area contributed by atoms with Crippen molar-refractivity contribution < 1.29 is 27.5 Å². The number of aromatic nitrogens is 1. The van der Waals surface area contributed by atoms with E-state index < -0.39 is 12.4 Å². The molecule has 2 amide bonds. The minimum Gasteiger partial charge on any atom is -0.405 e. The normalized spacial score (nSPS) is 19.5. The number of halogens is 4. The average molecular weight is 742 g/mol. The number of piperidine rings is 3. The van der Waals surface area contributed by atoms with Crippen molar-refractivity contribution in [3.63, 3.8) is 0 Å². The van der Waals surface area contributed by atoms with Crippen LogP contribution in [0.1, 0.15) is 68.1 Å². The fraction of sp³-hybridized carbons (Fsp3) is 0.513. The second-order valence-corrected chi connectivity index (χ2v) is 15.0. The number of rotatable bonds is 10. The number of hydrogen-bond acceptors (Lipinski definition) is 7. The van der Waals surface area contributed by atoms with Crippen molar-refractivity contribution in [1.82, 2.24) is 14.8 Å². The van der Waals surface area contributed by atoms with Crippen molar-refractivity contribution in [2.45, 2.75) is 84.2 Å². The lowest BCUT2D eigenvalue weighted by molar-refractivity contribution is -0.275. The fourth-order valence-electron chi connectivity index (χ4n) is 7.83. The molecule has 2 aromatic carbocycles. The summed E-state index contributed by atoms with van der Waals surface area (Å²) in [5.41, 5.74) is 4.66. The second kappa shape index (κ2) is 15.9. The molecule has 1 unspecified atom stereocenters. The van der Waals surface area contributed by atoms with Gasteiger partial charge in [-0.2, -0.15) is 0 Å². The van der Waals surface area contributed by atoms with E-state index in [2.05, 4.69) is 25.2 Å². The number of imide groups is 1. The van der Waals surface area contributed by atoms with Gasteiger partial charge in [-0.15, -0.1) is 13.2 Å². The molecule has 280 valence electrons. The van der Waals surface area contributed by atoms with E-state index in [1.54, 1.807) is 33.2 Å². The van der Waals surface area contributed by atoms with Crippen LogP contribution in [0.5, 0.6) is 5.75 Å². The number of pyridine rings is 1. The summed E-state index contributed by atoms with van der Waals surface area (Å²) < 4.78 is 46.5. The molecule has 0 spiro atoms. The van der Waals surface area contributed by atoms with Gasteiger partial charge >= 0.3 is 6.36 Å². The quantitative estimate of drug-likeness (QED) is 0.210. The molecule has 3 aliphatic rings. The molecule has 6 rings (SSSR count). The lowest BCUT2D eigenvalue weighted by atomic mass is 9.85. The van der Waals surface area contributed by atoms with Crippen molar-refractivity contribution in [2.75, 3.05) is 36.4 Å². The van der Waals surface area contributed by atoms with E-state index >= 15 is 0 Å². The number of anilines is 2. The van der Waals surface area contributed by atoms with Crippen molar-refractivity contribution in [2.24, 2.45) is 18.9 Å². The zero-order valence-corrected chi connectivity index (χ0v) is 30.7. The van der Waals surface area contributed by atoms with Gasteiger partial charge in [0.2, 0.25) is 11.8 Å². The number of aryl methyl sites for hydroxylation is 1. The maximum Gasteiger partial charge on any atom is 0.573 e. The molecule has 2 N–H and O–H groups in total. The molecule has 1 aromatic heterocycles. The Bertz CT molecular complexity index is 1850. The van der Waals surface area contributed by atoms with Crippen LogP contribution in [0, 0.1) is 25.7 Å². The first-order valence-electron chi connectivity index (χ1n) is 18.2. The molecule has 0 aliphatic carbocycles. The van der Waals surface area contributed by atoms with Crippen LogP contribution in [0.4, 0.5) is 24.5 Å². The Morgan fingerprint density at radius 2 is 1.58 bits per heavy atom. The number of nitrogens with zero attached hydrogens (tertiary/aromatic N) is 3. The maximum absolute atomic E-state index is 13.5. The highest BCUT2D eigenvalue weighted by Gasteiger charge is 2.33. The van der Waals surface area contributed by atoms with Crippen LogP contribution in [-0.2, 0) is 23.2 Å². The van der Waals surface area contributed by atoms with Crippen LogP contribution < -0.4 is 25.8 Å². The Hall–Kier alpha value is -4.03. The van der Waals surface area contributed by atoms with E-state index in [-0.39, 0.29) is 23.1 Å². The summed E-state index contributed by atoms with van der Waals surface area (Å²) in [5, 5.41) is 6.19. The maximum atomic E-state index is 13.5. The van der Waals surface area contributed by atoms with Gasteiger partial charge in [0, 0.05) is 61.7 Å². The van der Waals surface area contributed by atoms with Gasteiger partial charge in [0.25, 0.3) is 5.56 Å².